The molecule has 3 aromatic rings. The number of aromatic amines is 1. The van der Waals surface area contributed by atoms with Crippen molar-refractivity contribution < 1.29 is 9.72 Å². The van der Waals surface area contributed by atoms with Crippen molar-refractivity contribution in [2.75, 3.05) is 11.1 Å². The highest BCUT2D eigenvalue weighted by Gasteiger charge is 2.11. The molecule has 0 saturated carbocycles. The minimum absolute atomic E-state index is 0.0170. The van der Waals surface area contributed by atoms with Crippen molar-refractivity contribution in [3.05, 3.63) is 46.8 Å². The van der Waals surface area contributed by atoms with Gasteiger partial charge in [0.05, 0.1) is 21.7 Å². The molecule has 0 radical (unpaired) electrons. The largest absolute Gasteiger partial charge is 0.333 e. The Balaban J connectivity index is 1.65. The van der Waals surface area contributed by atoms with Gasteiger partial charge in [-0.1, -0.05) is 11.8 Å². The van der Waals surface area contributed by atoms with Gasteiger partial charge in [-0.3, -0.25) is 20.2 Å². The molecule has 116 valence electrons. The first-order chi connectivity index (χ1) is 11.1. The lowest BCUT2D eigenvalue weighted by atomic mass is 10.3. The quantitative estimate of drug-likeness (QED) is 0.416. The molecule has 2 heterocycles. The van der Waals surface area contributed by atoms with Crippen LogP contribution >= 0.6 is 11.8 Å². The molecular formula is C13H10N6O3S. The van der Waals surface area contributed by atoms with Crippen LogP contribution in [0.1, 0.15) is 0 Å². The molecule has 0 bridgehead atoms. The van der Waals surface area contributed by atoms with Crippen LogP contribution in [0.15, 0.2) is 41.8 Å². The molecule has 1 amide bonds. The van der Waals surface area contributed by atoms with Gasteiger partial charge in [0.15, 0.2) is 5.16 Å². The molecule has 2 N–H and O–H groups in total. The fraction of sp³-hybridized carbons (Fsp3) is 0.0769. The average Bonchev–Trinajstić information content (AvgIpc) is 2.96. The fourth-order valence-electron chi connectivity index (χ4n) is 1.81. The van der Waals surface area contributed by atoms with Crippen molar-refractivity contribution >= 4 is 40.3 Å². The van der Waals surface area contributed by atoms with E-state index in [2.05, 4.69) is 25.3 Å². The Labute approximate surface area is 133 Å². The van der Waals surface area contributed by atoms with Crippen molar-refractivity contribution in [1.29, 1.82) is 0 Å². The number of nitrogens with zero attached hydrogens (tertiary/aromatic N) is 4. The highest BCUT2D eigenvalue weighted by molar-refractivity contribution is 7.99. The second-order valence-electron chi connectivity index (χ2n) is 4.41. The SMILES string of the molecule is O=C(CSc1nc2ccc([N+](=O)[O-])cc2[nH]1)Nc1ncccn1. The lowest BCUT2D eigenvalue weighted by Crippen LogP contribution is -2.15. The Hall–Kier alpha value is -3.01. The second kappa shape index (κ2) is 6.40. The van der Waals surface area contributed by atoms with Crippen LogP contribution in [0.25, 0.3) is 11.0 Å². The Morgan fingerprint density at radius 2 is 2.13 bits per heavy atom. The highest BCUT2D eigenvalue weighted by atomic mass is 32.2. The van der Waals surface area contributed by atoms with Crippen LogP contribution in [0.3, 0.4) is 0 Å². The molecule has 9 nitrogen and oxygen atoms in total. The number of nitrogens with one attached hydrogen (secondary N) is 2. The van der Waals surface area contributed by atoms with Crippen molar-refractivity contribution in [1.82, 2.24) is 19.9 Å². The summed E-state index contributed by atoms with van der Waals surface area (Å²) < 4.78 is 0. The van der Waals surface area contributed by atoms with Crippen molar-refractivity contribution in [3.8, 4) is 0 Å². The summed E-state index contributed by atoms with van der Waals surface area (Å²) in [6.07, 6.45) is 3.06. The Bertz CT molecular complexity index is 867. The monoisotopic (exact) mass is 330 g/mol. The molecule has 1 aromatic carbocycles. The molecule has 0 aliphatic carbocycles. The normalized spacial score (nSPS) is 10.6. The Morgan fingerprint density at radius 3 is 2.87 bits per heavy atom. The maximum Gasteiger partial charge on any atom is 0.271 e. The summed E-state index contributed by atoms with van der Waals surface area (Å²) in [4.78, 5) is 37.1. The molecule has 0 unspecified atom stereocenters. The summed E-state index contributed by atoms with van der Waals surface area (Å²) in [5.41, 5.74) is 1.13. The van der Waals surface area contributed by atoms with Gasteiger partial charge in [0.2, 0.25) is 11.9 Å². The van der Waals surface area contributed by atoms with Crippen LogP contribution < -0.4 is 5.32 Å². The molecule has 3 rings (SSSR count). The summed E-state index contributed by atoms with van der Waals surface area (Å²) in [5, 5.41) is 13.8. The Morgan fingerprint density at radius 1 is 1.35 bits per heavy atom. The maximum atomic E-state index is 11.8. The number of aromatic nitrogens is 4. The van der Waals surface area contributed by atoms with E-state index in [9.17, 15) is 14.9 Å². The lowest BCUT2D eigenvalue weighted by Gasteiger charge is -2.01. The van der Waals surface area contributed by atoms with E-state index >= 15 is 0 Å². The number of nitro benzene ring substituents is 1. The number of carbonyl (C=O) groups is 1. The number of hydrogen-bond acceptors (Lipinski definition) is 7. The van der Waals surface area contributed by atoms with Gasteiger partial charge in [-0.05, 0) is 12.1 Å². The predicted octanol–water partition coefficient (Wildman–Crippen LogP) is 1.99. The smallest absolute Gasteiger partial charge is 0.271 e. The number of nitro groups is 1. The number of rotatable bonds is 5. The molecule has 0 aliphatic heterocycles. The number of thioether (sulfide) groups is 1. The van der Waals surface area contributed by atoms with Crippen LogP contribution in [-0.2, 0) is 4.79 Å². The molecular weight excluding hydrogens is 320 g/mol. The van der Waals surface area contributed by atoms with E-state index in [1.165, 1.54) is 36.3 Å². The minimum atomic E-state index is -0.472. The zero-order valence-corrected chi connectivity index (χ0v) is 12.4. The van der Waals surface area contributed by atoms with E-state index < -0.39 is 4.92 Å². The third-order valence-corrected chi connectivity index (χ3v) is 3.68. The Kier molecular flexibility index (Phi) is 4.15. The van der Waals surface area contributed by atoms with E-state index in [0.29, 0.717) is 16.2 Å². The number of amides is 1. The van der Waals surface area contributed by atoms with Gasteiger partial charge in [-0.25, -0.2) is 15.0 Å². The van der Waals surface area contributed by atoms with Crippen LogP contribution in [0.2, 0.25) is 0 Å². The number of H-pyrrole nitrogens is 1. The number of carbonyl (C=O) groups excluding carboxylic acids is 1. The van der Waals surface area contributed by atoms with Crippen LogP contribution in [0, 0.1) is 10.1 Å². The van der Waals surface area contributed by atoms with E-state index in [4.69, 9.17) is 0 Å². The van der Waals surface area contributed by atoms with E-state index in [1.54, 1.807) is 12.1 Å². The van der Waals surface area contributed by atoms with Gasteiger partial charge in [-0.2, -0.15) is 0 Å². The molecule has 23 heavy (non-hydrogen) atoms. The summed E-state index contributed by atoms with van der Waals surface area (Å²) in [6, 6.07) is 6.01. The van der Waals surface area contributed by atoms with Crippen molar-refractivity contribution in [2.24, 2.45) is 0 Å². The molecule has 10 heteroatoms. The number of fused-ring (bicyclic) bond motifs is 1. The molecule has 2 aromatic heterocycles. The number of anilines is 1. The predicted molar refractivity (Wildman–Crippen MR) is 84.1 cm³/mol. The number of benzene rings is 1. The third-order valence-electron chi connectivity index (χ3n) is 2.81. The minimum Gasteiger partial charge on any atom is -0.333 e. The van der Waals surface area contributed by atoms with Crippen LogP contribution in [0.4, 0.5) is 11.6 Å². The topological polar surface area (TPSA) is 127 Å². The van der Waals surface area contributed by atoms with Gasteiger partial charge in [-0.15, -0.1) is 0 Å². The molecule has 0 spiro atoms. The average molecular weight is 330 g/mol. The second-order valence-corrected chi connectivity index (χ2v) is 5.37. The molecule has 0 saturated heterocycles. The first kappa shape index (κ1) is 14.9. The zero-order valence-electron chi connectivity index (χ0n) is 11.6. The van der Waals surface area contributed by atoms with Gasteiger partial charge in [0.1, 0.15) is 0 Å². The summed E-state index contributed by atoms with van der Waals surface area (Å²) >= 11 is 1.18. The number of hydrogen-bond donors (Lipinski definition) is 2. The van der Waals surface area contributed by atoms with E-state index in [-0.39, 0.29) is 23.3 Å². The van der Waals surface area contributed by atoms with Gasteiger partial charge >= 0.3 is 0 Å². The standard InChI is InChI=1S/C13H10N6O3S/c20-11(18-12-14-4-1-5-15-12)7-23-13-16-9-3-2-8(19(21)22)6-10(9)17-13/h1-6H,7H2,(H,16,17)(H,14,15,18,20). The summed E-state index contributed by atoms with van der Waals surface area (Å²) in [5.74, 6) is 0.0751. The first-order valence-electron chi connectivity index (χ1n) is 6.45. The molecule has 0 fully saturated rings. The van der Waals surface area contributed by atoms with Crippen LogP contribution in [0.5, 0.6) is 0 Å². The van der Waals surface area contributed by atoms with Crippen molar-refractivity contribution in [2.45, 2.75) is 5.16 Å². The van der Waals surface area contributed by atoms with Crippen LogP contribution in [-0.4, -0.2) is 36.5 Å². The fourth-order valence-corrected chi connectivity index (χ4v) is 2.50. The third kappa shape index (κ3) is 3.61. The van der Waals surface area contributed by atoms with E-state index in [1.807, 2.05) is 0 Å². The van der Waals surface area contributed by atoms with E-state index in [0.717, 1.165) is 0 Å². The lowest BCUT2D eigenvalue weighted by molar-refractivity contribution is -0.384. The zero-order chi connectivity index (χ0) is 16.2. The van der Waals surface area contributed by atoms with Gasteiger partial charge in [0, 0.05) is 24.5 Å². The molecule has 0 aliphatic rings. The highest BCUT2D eigenvalue weighted by Crippen LogP contribution is 2.23. The summed E-state index contributed by atoms with van der Waals surface area (Å²) in [7, 11) is 0. The van der Waals surface area contributed by atoms with Gasteiger partial charge < -0.3 is 4.98 Å². The number of imidazole rings is 1. The first-order valence-corrected chi connectivity index (χ1v) is 7.44. The maximum absolute atomic E-state index is 11.8. The summed E-state index contributed by atoms with van der Waals surface area (Å²) in [6.45, 7) is 0. The van der Waals surface area contributed by atoms with Crippen molar-refractivity contribution in [3.63, 3.8) is 0 Å². The number of non-ortho nitro benzene ring substituents is 1. The van der Waals surface area contributed by atoms with Gasteiger partial charge in [0.25, 0.3) is 5.69 Å². The molecule has 0 atom stereocenters.